The zero-order chi connectivity index (χ0) is 26.4. The summed E-state index contributed by atoms with van der Waals surface area (Å²) in [7, 11) is 2.06. The molecule has 2 aromatic rings. The van der Waals surface area contributed by atoms with Crippen LogP contribution in [0.3, 0.4) is 0 Å². The highest BCUT2D eigenvalue weighted by Crippen LogP contribution is 2.35. The molecule has 2 aromatic carbocycles. The van der Waals surface area contributed by atoms with Crippen molar-refractivity contribution in [2.24, 2.45) is 11.8 Å². The number of anilines is 1. The predicted octanol–water partition coefficient (Wildman–Crippen LogP) is 3.40. The largest absolute Gasteiger partial charge is 0.486 e. The molecule has 1 fully saturated rings. The van der Waals surface area contributed by atoms with Gasteiger partial charge in [0.05, 0.1) is 23.9 Å². The van der Waals surface area contributed by atoms with E-state index in [0.717, 1.165) is 6.54 Å². The molecule has 0 spiro atoms. The van der Waals surface area contributed by atoms with Gasteiger partial charge < -0.3 is 24.8 Å². The van der Waals surface area contributed by atoms with Gasteiger partial charge in [-0.3, -0.25) is 14.5 Å². The maximum atomic E-state index is 13.6. The normalized spacial score (nSPS) is 21.5. The number of benzene rings is 2. The Kier molecular flexibility index (Phi) is 9.18. The Hall–Kier alpha value is -2.94. The summed E-state index contributed by atoms with van der Waals surface area (Å²) in [4.78, 5) is 30.6. The van der Waals surface area contributed by atoms with Crippen molar-refractivity contribution >= 4 is 17.5 Å². The molecule has 0 unspecified atom stereocenters. The van der Waals surface area contributed by atoms with Crippen molar-refractivity contribution in [1.82, 2.24) is 9.80 Å². The van der Waals surface area contributed by atoms with Crippen molar-refractivity contribution in [1.29, 1.82) is 0 Å². The number of rotatable bonds is 8. The number of aliphatic hydroxyl groups is 1. The van der Waals surface area contributed by atoms with Crippen LogP contribution in [0.15, 0.2) is 48.5 Å². The number of nitrogens with zero attached hydrogens (tertiary/aromatic N) is 2. The van der Waals surface area contributed by atoms with Crippen LogP contribution in [0.2, 0.25) is 0 Å². The van der Waals surface area contributed by atoms with Crippen LogP contribution < -0.4 is 10.1 Å². The van der Waals surface area contributed by atoms with Crippen LogP contribution in [0.25, 0.3) is 0 Å². The molecule has 8 nitrogen and oxygen atoms in total. The maximum absolute atomic E-state index is 13.6. The first-order chi connectivity index (χ1) is 17.9. The molecule has 0 bridgehead atoms. The van der Waals surface area contributed by atoms with Gasteiger partial charge in [-0.05, 0) is 44.5 Å². The van der Waals surface area contributed by atoms with E-state index in [0.29, 0.717) is 56.1 Å². The molecule has 0 aromatic heterocycles. The third-order valence-corrected chi connectivity index (χ3v) is 7.33. The van der Waals surface area contributed by atoms with Crippen LogP contribution >= 0.6 is 0 Å². The number of fused-ring (bicyclic) bond motifs is 1. The average molecular weight is 510 g/mol. The topological polar surface area (TPSA) is 91.3 Å². The highest BCUT2D eigenvalue weighted by Gasteiger charge is 2.35. The molecule has 0 radical (unpaired) electrons. The highest BCUT2D eigenvalue weighted by atomic mass is 16.5. The Morgan fingerprint density at radius 1 is 1.16 bits per heavy atom. The molecule has 200 valence electrons. The Balaban J connectivity index is 1.63. The molecule has 37 heavy (non-hydrogen) atoms. The van der Waals surface area contributed by atoms with Crippen molar-refractivity contribution in [3.05, 3.63) is 59.7 Å². The summed E-state index contributed by atoms with van der Waals surface area (Å²) >= 11 is 0. The monoisotopic (exact) mass is 509 g/mol. The number of amides is 2. The average Bonchev–Trinajstić information content (AvgIpc) is 2.91. The summed E-state index contributed by atoms with van der Waals surface area (Å²) in [5.74, 6) is -0.0365. The van der Waals surface area contributed by atoms with E-state index >= 15 is 0 Å². The Bertz CT molecular complexity index is 1060. The Morgan fingerprint density at radius 3 is 2.59 bits per heavy atom. The van der Waals surface area contributed by atoms with E-state index < -0.39 is 0 Å². The lowest BCUT2D eigenvalue weighted by Gasteiger charge is -2.38. The first-order valence-corrected chi connectivity index (χ1v) is 13.2. The lowest BCUT2D eigenvalue weighted by Crippen LogP contribution is -2.49. The minimum Gasteiger partial charge on any atom is -0.486 e. The number of carbonyl (C=O) groups is 2. The standard InChI is InChI=1S/C29H39N3O5/c1-20-16-32(21(2)19-33)29(35)24-10-7-11-25(30-28(34)23-12-14-36-15-13-23)27(24)37-26(20)18-31(3)17-22-8-5-4-6-9-22/h4-11,20-21,23,26,33H,12-19H2,1-3H3,(H,30,34)/t20-,21+,26+/m0/s1. The second-order valence-corrected chi connectivity index (χ2v) is 10.4. The van der Waals surface area contributed by atoms with Gasteiger partial charge in [0.15, 0.2) is 5.75 Å². The van der Waals surface area contributed by atoms with Crippen LogP contribution in [0.1, 0.15) is 42.6 Å². The SMILES string of the molecule is C[C@H](CO)N1C[C@H](C)[C@@H](CN(C)Cc2ccccc2)Oc2c(NC(=O)C3CCOCC3)cccc2C1=O. The maximum Gasteiger partial charge on any atom is 0.258 e. The van der Waals surface area contributed by atoms with Gasteiger partial charge in [0.2, 0.25) is 5.91 Å². The number of ether oxygens (including phenoxy) is 2. The molecule has 8 heteroatoms. The summed E-state index contributed by atoms with van der Waals surface area (Å²) in [6.45, 7) is 6.78. The summed E-state index contributed by atoms with van der Waals surface area (Å²) in [5, 5.41) is 12.9. The molecule has 2 amide bonds. The van der Waals surface area contributed by atoms with Gasteiger partial charge in [0, 0.05) is 44.7 Å². The number of carbonyl (C=O) groups excluding carboxylic acids is 2. The molecular formula is C29H39N3O5. The van der Waals surface area contributed by atoms with Crippen LogP contribution in [0.5, 0.6) is 5.75 Å². The summed E-state index contributed by atoms with van der Waals surface area (Å²) < 4.78 is 12.0. The van der Waals surface area contributed by atoms with Crippen LogP contribution in [-0.2, 0) is 16.1 Å². The molecule has 0 saturated carbocycles. The van der Waals surface area contributed by atoms with E-state index in [1.165, 1.54) is 5.56 Å². The molecular weight excluding hydrogens is 470 g/mol. The van der Waals surface area contributed by atoms with Gasteiger partial charge in [0.25, 0.3) is 5.91 Å². The third kappa shape index (κ3) is 6.69. The molecule has 2 aliphatic rings. The predicted molar refractivity (Wildman–Crippen MR) is 143 cm³/mol. The molecule has 2 aliphatic heterocycles. The fraction of sp³-hybridized carbons (Fsp3) is 0.517. The molecule has 2 heterocycles. The molecule has 1 saturated heterocycles. The zero-order valence-electron chi connectivity index (χ0n) is 22.1. The Morgan fingerprint density at radius 2 is 1.89 bits per heavy atom. The Labute approximate surface area is 219 Å². The van der Waals surface area contributed by atoms with Crippen molar-refractivity contribution in [2.45, 2.75) is 45.4 Å². The zero-order valence-corrected chi connectivity index (χ0v) is 22.1. The van der Waals surface area contributed by atoms with Crippen molar-refractivity contribution in [2.75, 3.05) is 45.3 Å². The lowest BCUT2D eigenvalue weighted by atomic mass is 9.98. The van der Waals surface area contributed by atoms with Crippen LogP contribution in [0.4, 0.5) is 5.69 Å². The van der Waals surface area contributed by atoms with Crippen LogP contribution in [-0.4, -0.2) is 78.8 Å². The number of nitrogens with one attached hydrogen (secondary N) is 1. The van der Waals surface area contributed by atoms with E-state index in [-0.39, 0.29) is 42.4 Å². The second kappa shape index (κ2) is 12.5. The van der Waals surface area contributed by atoms with Gasteiger partial charge in [-0.2, -0.15) is 0 Å². The number of hydrogen-bond donors (Lipinski definition) is 2. The fourth-order valence-corrected chi connectivity index (χ4v) is 5.02. The van der Waals surface area contributed by atoms with E-state index in [9.17, 15) is 14.7 Å². The molecule has 4 rings (SSSR count). The minimum atomic E-state index is -0.343. The highest BCUT2D eigenvalue weighted by molar-refractivity contribution is 6.02. The van der Waals surface area contributed by atoms with E-state index in [1.807, 2.05) is 25.1 Å². The van der Waals surface area contributed by atoms with E-state index in [2.05, 4.69) is 36.3 Å². The number of aliphatic hydroxyl groups excluding tert-OH is 1. The molecule has 3 atom stereocenters. The first-order valence-electron chi connectivity index (χ1n) is 13.2. The van der Waals surface area contributed by atoms with Gasteiger partial charge in [-0.1, -0.05) is 43.3 Å². The van der Waals surface area contributed by atoms with Gasteiger partial charge in [-0.25, -0.2) is 0 Å². The van der Waals surface area contributed by atoms with E-state index in [1.54, 1.807) is 23.1 Å². The van der Waals surface area contributed by atoms with Crippen molar-refractivity contribution < 1.29 is 24.2 Å². The van der Waals surface area contributed by atoms with Gasteiger partial charge >= 0.3 is 0 Å². The van der Waals surface area contributed by atoms with Crippen molar-refractivity contribution in [3.8, 4) is 5.75 Å². The summed E-state index contributed by atoms with van der Waals surface area (Å²) in [5.41, 5.74) is 2.11. The third-order valence-electron chi connectivity index (χ3n) is 7.33. The van der Waals surface area contributed by atoms with Crippen molar-refractivity contribution in [3.63, 3.8) is 0 Å². The number of likely N-dealkylation sites (N-methyl/N-ethyl adjacent to an activating group) is 1. The van der Waals surface area contributed by atoms with E-state index in [4.69, 9.17) is 9.47 Å². The summed E-state index contributed by atoms with van der Waals surface area (Å²) in [6.07, 6.45) is 1.11. The fourth-order valence-electron chi connectivity index (χ4n) is 5.02. The first kappa shape index (κ1) is 27.1. The van der Waals surface area contributed by atoms with Crippen LogP contribution in [0, 0.1) is 11.8 Å². The lowest BCUT2D eigenvalue weighted by molar-refractivity contribution is -0.122. The quantitative estimate of drug-likeness (QED) is 0.567. The second-order valence-electron chi connectivity index (χ2n) is 10.4. The molecule has 2 N–H and O–H groups in total. The molecule has 0 aliphatic carbocycles. The smallest absolute Gasteiger partial charge is 0.258 e. The number of hydrogen-bond acceptors (Lipinski definition) is 6. The minimum absolute atomic E-state index is 0.0106. The number of para-hydroxylation sites is 1. The van der Waals surface area contributed by atoms with Gasteiger partial charge in [0.1, 0.15) is 6.10 Å². The van der Waals surface area contributed by atoms with Gasteiger partial charge in [-0.15, -0.1) is 0 Å². The summed E-state index contributed by atoms with van der Waals surface area (Å²) in [6, 6.07) is 15.2.